The molecule has 0 aliphatic heterocycles. The molecule has 0 saturated heterocycles. The second-order valence-electron chi connectivity index (χ2n) is 5.12. The van der Waals surface area contributed by atoms with Crippen LogP contribution in [0.4, 0.5) is 0 Å². The highest BCUT2D eigenvalue weighted by Gasteiger charge is 2.11. The van der Waals surface area contributed by atoms with E-state index in [9.17, 15) is 4.79 Å². The van der Waals surface area contributed by atoms with Gasteiger partial charge in [-0.3, -0.25) is 9.69 Å². The van der Waals surface area contributed by atoms with Gasteiger partial charge in [-0.1, -0.05) is 31.2 Å². The maximum atomic E-state index is 10.9. The van der Waals surface area contributed by atoms with Crippen LogP contribution in [0.5, 0.6) is 5.75 Å². The first kappa shape index (κ1) is 15.3. The Morgan fingerprint density at radius 2 is 2.05 bits per heavy atom. The average Bonchev–Trinajstić information content (AvgIpc) is 2.46. The van der Waals surface area contributed by atoms with Gasteiger partial charge in [0.05, 0.1) is 13.7 Å². The van der Waals surface area contributed by atoms with E-state index in [4.69, 9.17) is 9.84 Å². The number of aliphatic carboxylic acids is 1. The zero-order chi connectivity index (χ0) is 15.2. The second-order valence-corrected chi connectivity index (χ2v) is 5.12. The zero-order valence-corrected chi connectivity index (χ0v) is 12.5. The fourth-order valence-electron chi connectivity index (χ4n) is 2.57. The van der Waals surface area contributed by atoms with E-state index in [1.165, 1.54) is 0 Å². The summed E-state index contributed by atoms with van der Waals surface area (Å²) in [5.74, 6) is 0.0334. The molecule has 0 aliphatic carbocycles. The van der Waals surface area contributed by atoms with E-state index in [1.54, 1.807) is 7.11 Å². The molecular formula is C17H21NO3. The minimum absolute atomic E-state index is 0.0585. The molecule has 0 fully saturated rings. The molecule has 0 spiro atoms. The standard InChI is InChI=1S/C17H21NO3/c1-3-8-18(12-17(19)20)11-13-9-14-6-4-5-7-15(14)16(10-13)21-2/h4-7,9-10H,3,8,11-12H2,1-2H3,(H,19,20). The molecule has 0 amide bonds. The summed E-state index contributed by atoms with van der Waals surface area (Å²) in [7, 11) is 1.66. The van der Waals surface area contributed by atoms with E-state index in [2.05, 4.69) is 13.0 Å². The number of carboxylic acid groups (broad SMARTS) is 1. The summed E-state index contributed by atoms with van der Waals surface area (Å²) < 4.78 is 5.46. The Morgan fingerprint density at radius 3 is 2.71 bits per heavy atom. The van der Waals surface area contributed by atoms with Crippen molar-refractivity contribution in [1.29, 1.82) is 0 Å². The fourth-order valence-corrected chi connectivity index (χ4v) is 2.57. The minimum Gasteiger partial charge on any atom is -0.496 e. The van der Waals surface area contributed by atoms with Crippen LogP contribution in [-0.2, 0) is 11.3 Å². The van der Waals surface area contributed by atoms with Gasteiger partial charge in [-0.25, -0.2) is 0 Å². The van der Waals surface area contributed by atoms with Gasteiger partial charge in [-0.15, -0.1) is 0 Å². The van der Waals surface area contributed by atoms with E-state index < -0.39 is 5.97 Å². The van der Waals surface area contributed by atoms with Crippen molar-refractivity contribution in [2.45, 2.75) is 19.9 Å². The topological polar surface area (TPSA) is 49.8 Å². The molecule has 4 heteroatoms. The van der Waals surface area contributed by atoms with Crippen LogP contribution in [0.3, 0.4) is 0 Å². The van der Waals surface area contributed by atoms with Crippen molar-refractivity contribution in [3.05, 3.63) is 42.0 Å². The van der Waals surface area contributed by atoms with E-state index >= 15 is 0 Å². The van der Waals surface area contributed by atoms with E-state index in [1.807, 2.05) is 35.2 Å². The normalized spacial score (nSPS) is 11.0. The molecule has 112 valence electrons. The second kappa shape index (κ2) is 7.09. The molecule has 21 heavy (non-hydrogen) atoms. The minimum atomic E-state index is -0.795. The molecule has 0 atom stereocenters. The number of fused-ring (bicyclic) bond motifs is 1. The average molecular weight is 287 g/mol. The van der Waals surface area contributed by atoms with Gasteiger partial charge >= 0.3 is 5.97 Å². The molecule has 2 aromatic rings. The number of carboxylic acids is 1. The van der Waals surface area contributed by atoms with Gasteiger partial charge < -0.3 is 9.84 Å². The van der Waals surface area contributed by atoms with E-state index in [0.29, 0.717) is 6.54 Å². The lowest BCUT2D eigenvalue weighted by molar-refractivity contribution is -0.138. The van der Waals surface area contributed by atoms with Gasteiger partial charge in [-0.05, 0) is 36.0 Å². The highest BCUT2D eigenvalue weighted by molar-refractivity contribution is 5.89. The lowest BCUT2D eigenvalue weighted by Gasteiger charge is -2.20. The van der Waals surface area contributed by atoms with Crippen molar-refractivity contribution < 1.29 is 14.6 Å². The molecule has 0 unspecified atom stereocenters. The lowest BCUT2D eigenvalue weighted by atomic mass is 10.1. The zero-order valence-electron chi connectivity index (χ0n) is 12.5. The van der Waals surface area contributed by atoms with Crippen LogP contribution in [0, 0.1) is 0 Å². The maximum absolute atomic E-state index is 10.9. The van der Waals surface area contributed by atoms with Crippen LogP contribution in [0.2, 0.25) is 0 Å². The third-order valence-electron chi connectivity index (χ3n) is 3.41. The predicted molar refractivity (Wildman–Crippen MR) is 83.7 cm³/mol. The first-order valence-electron chi connectivity index (χ1n) is 7.14. The molecule has 0 heterocycles. The third kappa shape index (κ3) is 3.95. The van der Waals surface area contributed by atoms with Gasteiger partial charge in [-0.2, -0.15) is 0 Å². The summed E-state index contributed by atoms with van der Waals surface area (Å²) >= 11 is 0. The van der Waals surface area contributed by atoms with Gasteiger partial charge in [0.15, 0.2) is 0 Å². The first-order valence-corrected chi connectivity index (χ1v) is 7.14. The van der Waals surface area contributed by atoms with Crippen molar-refractivity contribution in [3.8, 4) is 5.75 Å². The summed E-state index contributed by atoms with van der Waals surface area (Å²) in [5, 5.41) is 11.2. The lowest BCUT2D eigenvalue weighted by Crippen LogP contribution is -2.30. The summed E-state index contributed by atoms with van der Waals surface area (Å²) in [6.45, 7) is 3.49. The Morgan fingerprint density at radius 1 is 1.29 bits per heavy atom. The molecule has 4 nitrogen and oxygen atoms in total. The number of rotatable bonds is 7. The molecule has 1 N–H and O–H groups in total. The molecule has 0 saturated carbocycles. The Labute approximate surface area is 124 Å². The molecule has 0 radical (unpaired) electrons. The van der Waals surface area contributed by atoms with E-state index in [-0.39, 0.29) is 6.54 Å². The van der Waals surface area contributed by atoms with Crippen LogP contribution in [-0.4, -0.2) is 36.2 Å². The fraction of sp³-hybridized carbons (Fsp3) is 0.353. The number of nitrogens with zero attached hydrogens (tertiary/aromatic N) is 1. The van der Waals surface area contributed by atoms with Crippen LogP contribution in [0.15, 0.2) is 36.4 Å². The van der Waals surface area contributed by atoms with Crippen molar-refractivity contribution >= 4 is 16.7 Å². The summed E-state index contributed by atoms with van der Waals surface area (Å²) in [6.07, 6.45) is 0.929. The van der Waals surface area contributed by atoms with Gasteiger partial charge in [0.25, 0.3) is 0 Å². The summed E-state index contributed by atoms with van der Waals surface area (Å²) in [4.78, 5) is 12.9. The molecule has 2 rings (SSSR count). The molecule has 0 aromatic heterocycles. The van der Waals surface area contributed by atoms with Crippen molar-refractivity contribution in [1.82, 2.24) is 4.90 Å². The largest absolute Gasteiger partial charge is 0.496 e. The number of methoxy groups -OCH3 is 1. The molecular weight excluding hydrogens is 266 g/mol. The van der Waals surface area contributed by atoms with Crippen molar-refractivity contribution in [3.63, 3.8) is 0 Å². The monoisotopic (exact) mass is 287 g/mol. The smallest absolute Gasteiger partial charge is 0.317 e. The number of carbonyl (C=O) groups is 1. The SMILES string of the molecule is CCCN(CC(=O)O)Cc1cc(OC)c2ccccc2c1. The Kier molecular flexibility index (Phi) is 5.17. The predicted octanol–water partition coefficient (Wildman–Crippen LogP) is 3.15. The van der Waals surface area contributed by atoms with E-state index in [0.717, 1.165) is 35.1 Å². The summed E-state index contributed by atoms with van der Waals surface area (Å²) in [5.41, 5.74) is 1.07. The molecule has 2 aromatic carbocycles. The molecule has 0 bridgehead atoms. The van der Waals surface area contributed by atoms with Crippen LogP contribution in [0.25, 0.3) is 10.8 Å². The Balaban J connectivity index is 2.30. The third-order valence-corrected chi connectivity index (χ3v) is 3.41. The number of benzene rings is 2. The van der Waals surface area contributed by atoms with Gasteiger partial charge in [0.1, 0.15) is 5.75 Å². The Bertz CT molecular complexity index is 624. The van der Waals surface area contributed by atoms with Gasteiger partial charge in [0, 0.05) is 11.9 Å². The first-order chi connectivity index (χ1) is 10.1. The van der Waals surface area contributed by atoms with Crippen molar-refractivity contribution in [2.24, 2.45) is 0 Å². The number of ether oxygens (including phenoxy) is 1. The quantitative estimate of drug-likeness (QED) is 0.850. The maximum Gasteiger partial charge on any atom is 0.317 e. The highest BCUT2D eigenvalue weighted by atomic mass is 16.5. The number of hydrogen-bond acceptors (Lipinski definition) is 3. The Hall–Kier alpha value is -2.07. The van der Waals surface area contributed by atoms with Crippen molar-refractivity contribution in [2.75, 3.05) is 20.2 Å². The summed E-state index contributed by atoms with van der Waals surface area (Å²) in [6, 6.07) is 12.1. The number of hydrogen-bond donors (Lipinski definition) is 1. The van der Waals surface area contributed by atoms with Crippen LogP contribution < -0.4 is 4.74 Å². The van der Waals surface area contributed by atoms with Crippen LogP contribution in [0.1, 0.15) is 18.9 Å². The molecule has 0 aliphatic rings. The van der Waals surface area contributed by atoms with Crippen LogP contribution >= 0.6 is 0 Å². The van der Waals surface area contributed by atoms with Gasteiger partial charge in [0.2, 0.25) is 0 Å². The highest BCUT2D eigenvalue weighted by Crippen LogP contribution is 2.27.